The van der Waals surface area contributed by atoms with E-state index in [4.69, 9.17) is 21.1 Å². The largest absolute Gasteiger partial charge is 0.493 e. The first-order chi connectivity index (χ1) is 16.5. The Bertz CT molecular complexity index is 1120. The first kappa shape index (κ1) is 24.2. The van der Waals surface area contributed by atoms with Crippen molar-refractivity contribution in [3.05, 3.63) is 70.6 Å². The van der Waals surface area contributed by atoms with E-state index in [-0.39, 0.29) is 17.8 Å². The first-order valence-electron chi connectivity index (χ1n) is 10.9. The van der Waals surface area contributed by atoms with Crippen LogP contribution in [0.3, 0.4) is 0 Å². The summed E-state index contributed by atoms with van der Waals surface area (Å²) in [5, 5.41) is 0.451. The molecule has 0 atom stereocenters. The molecule has 0 spiro atoms. The second-order valence-corrected chi connectivity index (χ2v) is 9.28. The quantitative estimate of drug-likeness (QED) is 0.384. The molecule has 0 bridgehead atoms. The Labute approximate surface area is 208 Å². The minimum absolute atomic E-state index is 0.258. The van der Waals surface area contributed by atoms with Crippen LogP contribution < -0.4 is 14.4 Å². The maximum Gasteiger partial charge on any atom is 0.294 e. The number of methoxy groups -OCH3 is 1. The zero-order chi connectivity index (χ0) is 24.1. The minimum Gasteiger partial charge on any atom is -0.493 e. The zero-order valence-corrected chi connectivity index (χ0v) is 20.5. The number of piperazine rings is 1. The van der Waals surface area contributed by atoms with Gasteiger partial charge >= 0.3 is 0 Å². The molecule has 34 heavy (non-hydrogen) atoms. The predicted octanol–water partition coefficient (Wildman–Crippen LogP) is 4.73. The van der Waals surface area contributed by atoms with Crippen molar-refractivity contribution in [3.8, 4) is 11.5 Å². The molecule has 0 N–H and O–H groups in total. The van der Waals surface area contributed by atoms with Crippen LogP contribution in [0, 0.1) is 0 Å². The summed E-state index contributed by atoms with van der Waals surface area (Å²) in [7, 11) is 1.56. The van der Waals surface area contributed by atoms with E-state index in [9.17, 15) is 9.59 Å². The van der Waals surface area contributed by atoms with E-state index in [1.165, 1.54) is 4.90 Å². The average Bonchev–Trinajstić information content (AvgIpc) is 3.10. The summed E-state index contributed by atoms with van der Waals surface area (Å²) >= 11 is 7.07. The predicted molar refractivity (Wildman–Crippen MR) is 137 cm³/mol. The van der Waals surface area contributed by atoms with Crippen LogP contribution in [-0.2, 0) is 4.79 Å². The molecule has 9 heteroatoms. The van der Waals surface area contributed by atoms with Crippen LogP contribution in [0.2, 0.25) is 5.02 Å². The second-order valence-electron chi connectivity index (χ2n) is 7.85. The van der Waals surface area contributed by atoms with Gasteiger partial charge in [-0.15, -0.1) is 0 Å². The Morgan fingerprint density at radius 2 is 1.88 bits per heavy atom. The van der Waals surface area contributed by atoms with Gasteiger partial charge in [-0.2, -0.15) is 0 Å². The number of rotatable bonds is 8. The lowest BCUT2D eigenvalue weighted by Gasteiger charge is -2.37. The van der Waals surface area contributed by atoms with Gasteiger partial charge in [0.1, 0.15) is 6.61 Å². The average molecular weight is 500 g/mol. The van der Waals surface area contributed by atoms with E-state index in [0.29, 0.717) is 28.0 Å². The first-order valence-corrected chi connectivity index (χ1v) is 12.1. The lowest BCUT2D eigenvalue weighted by molar-refractivity contribution is -0.124. The third-order valence-electron chi connectivity index (χ3n) is 5.60. The molecule has 2 saturated heterocycles. The number of thioether (sulfide) groups is 1. The number of carbonyl (C=O) groups excluding carboxylic acids is 2. The van der Waals surface area contributed by atoms with Crippen molar-refractivity contribution in [1.82, 2.24) is 9.80 Å². The molecule has 2 aliphatic rings. The molecule has 2 amide bonds. The lowest BCUT2D eigenvalue weighted by atomic mass is 10.2. The van der Waals surface area contributed by atoms with Crippen LogP contribution >= 0.6 is 23.4 Å². The molecule has 2 fully saturated rings. The van der Waals surface area contributed by atoms with E-state index in [1.54, 1.807) is 31.4 Å². The van der Waals surface area contributed by atoms with Crippen LogP contribution in [0.5, 0.6) is 11.5 Å². The Morgan fingerprint density at radius 1 is 1.09 bits per heavy atom. The normalized spacial score (nSPS) is 18.0. The van der Waals surface area contributed by atoms with Gasteiger partial charge in [-0.05, 0) is 53.7 Å². The molecule has 7 nitrogen and oxygen atoms in total. The SMILES string of the molecule is C=CCOc1ccc(/C=C2/SC(=O)N(CN3CCN(c4cccc(Cl)c4)CC3)C2=O)cc1OC. The van der Waals surface area contributed by atoms with Gasteiger partial charge in [-0.3, -0.25) is 19.4 Å². The van der Waals surface area contributed by atoms with E-state index in [2.05, 4.69) is 16.4 Å². The standard InChI is InChI=1S/C25H26ClN3O4S/c1-3-13-33-21-8-7-18(14-22(21)32-2)15-23-24(30)29(25(31)34-23)17-27-9-11-28(12-10-27)20-6-4-5-19(26)16-20/h3-8,14-16H,1,9-13,17H2,2H3/b23-15+. The van der Waals surface area contributed by atoms with Crippen LogP contribution in [0.4, 0.5) is 10.5 Å². The third-order valence-corrected chi connectivity index (χ3v) is 6.75. The fraction of sp³-hybridized carbons (Fsp3) is 0.280. The third kappa shape index (κ3) is 5.58. The van der Waals surface area contributed by atoms with E-state index < -0.39 is 0 Å². The highest BCUT2D eigenvalue weighted by Gasteiger charge is 2.36. The molecule has 0 saturated carbocycles. The van der Waals surface area contributed by atoms with Crippen molar-refractivity contribution in [2.45, 2.75) is 0 Å². The van der Waals surface area contributed by atoms with Gasteiger partial charge in [0, 0.05) is 36.9 Å². The number of anilines is 1. The topological polar surface area (TPSA) is 62.3 Å². The molecular formula is C25H26ClN3O4S. The Hall–Kier alpha value is -2.94. The van der Waals surface area contributed by atoms with Gasteiger partial charge in [-0.25, -0.2) is 0 Å². The molecule has 0 aromatic heterocycles. The maximum atomic E-state index is 13.0. The van der Waals surface area contributed by atoms with Crippen LogP contribution in [-0.4, -0.2) is 67.5 Å². The van der Waals surface area contributed by atoms with Crippen molar-refractivity contribution in [2.75, 3.05) is 51.5 Å². The highest BCUT2D eigenvalue weighted by Crippen LogP contribution is 2.35. The number of carbonyl (C=O) groups is 2. The Balaban J connectivity index is 1.38. The van der Waals surface area contributed by atoms with Gasteiger partial charge in [0.25, 0.3) is 11.1 Å². The molecule has 2 heterocycles. The van der Waals surface area contributed by atoms with Gasteiger partial charge in [0.05, 0.1) is 18.7 Å². The summed E-state index contributed by atoms with van der Waals surface area (Å²) < 4.78 is 11.0. The van der Waals surface area contributed by atoms with Crippen LogP contribution in [0.25, 0.3) is 6.08 Å². The molecule has 2 aliphatic heterocycles. The highest BCUT2D eigenvalue weighted by atomic mass is 35.5. The monoisotopic (exact) mass is 499 g/mol. The molecule has 4 rings (SSSR count). The number of ether oxygens (including phenoxy) is 2. The van der Waals surface area contributed by atoms with Crippen molar-refractivity contribution < 1.29 is 19.1 Å². The highest BCUT2D eigenvalue weighted by molar-refractivity contribution is 8.18. The van der Waals surface area contributed by atoms with Crippen molar-refractivity contribution in [1.29, 1.82) is 0 Å². The fourth-order valence-electron chi connectivity index (χ4n) is 3.84. The van der Waals surface area contributed by atoms with E-state index in [1.807, 2.05) is 30.3 Å². The van der Waals surface area contributed by atoms with Crippen molar-refractivity contribution in [3.63, 3.8) is 0 Å². The van der Waals surface area contributed by atoms with E-state index >= 15 is 0 Å². The summed E-state index contributed by atoms with van der Waals surface area (Å²) in [5.74, 6) is 0.857. The van der Waals surface area contributed by atoms with Gasteiger partial charge in [-0.1, -0.05) is 36.4 Å². The van der Waals surface area contributed by atoms with Crippen molar-refractivity contribution in [2.24, 2.45) is 0 Å². The molecule has 0 aliphatic carbocycles. The number of amides is 2. The summed E-state index contributed by atoms with van der Waals surface area (Å²) in [5.41, 5.74) is 1.83. The number of imide groups is 1. The lowest BCUT2D eigenvalue weighted by Crippen LogP contribution is -2.50. The van der Waals surface area contributed by atoms with Crippen LogP contribution in [0.15, 0.2) is 60.0 Å². The number of benzene rings is 2. The molecular weight excluding hydrogens is 474 g/mol. The second kappa shape index (κ2) is 11.0. The number of hydrogen-bond donors (Lipinski definition) is 0. The van der Waals surface area contributed by atoms with Crippen LogP contribution in [0.1, 0.15) is 5.56 Å². The smallest absolute Gasteiger partial charge is 0.294 e. The minimum atomic E-state index is -0.279. The van der Waals surface area contributed by atoms with Crippen molar-refractivity contribution >= 4 is 46.3 Å². The molecule has 178 valence electrons. The van der Waals surface area contributed by atoms with Gasteiger partial charge < -0.3 is 14.4 Å². The maximum absolute atomic E-state index is 13.0. The molecule has 2 aromatic rings. The number of halogens is 1. The number of nitrogens with zero attached hydrogens (tertiary/aromatic N) is 3. The summed E-state index contributed by atoms with van der Waals surface area (Å²) in [6.45, 7) is 7.37. The zero-order valence-electron chi connectivity index (χ0n) is 18.9. The fourth-order valence-corrected chi connectivity index (χ4v) is 4.85. The summed E-state index contributed by atoms with van der Waals surface area (Å²) in [6.07, 6.45) is 3.36. The van der Waals surface area contributed by atoms with Gasteiger partial charge in [0.2, 0.25) is 0 Å². The van der Waals surface area contributed by atoms with Gasteiger partial charge in [0.15, 0.2) is 11.5 Å². The molecule has 0 unspecified atom stereocenters. The molecule has 0 radical (unpaired) electrons. The van der Waals surface area contributed by atoms with E-state index in [0.717, 1.165) is 49.2 Å². The summed E-state index contributed by atoms with van der Waals surface area (Å²) in [4.78, 5) is 31.7. The molecule has 2 aromatic carbocycles. The summed E-state index contributed by atoms with van der Waals surface area (Å²) in [6, 6.07) is 13.2. The Morgan fingerprint density at radius 3 is 2.59 bits per heavy atom. The Kier molecular flexibility index (Phi) is 7.82. The number of hydrogen-bond acceptors (Lipinski definition) is 7.